The molecule has 5 aliphatic carbocycles. The van der Waals surface area contributed by atoms with E-state index in [1.807, 2.05) is 5.57 Å². The highest BCUT2D eigenvalue weighted by Gasteiger charge is 2.68. The number of aliphatic hydroxyl groups excluding tert-OH is 1. The van der Waals surface area contributed by atoms with Crippen molar-refractivity contribution in [1.82, 2.24) is 0 Å². The lowest BCUT2D eigenvalue weighted by molar-refractivity contribution is -0.165. The van der Waals surface area contributed by atoms with Crippen LogP contribution in [0, 0.1) is 56.7 Å². The Hall–Kier alpha value is -0.300. The zero-order chi connectivity index (χ0) is 22.6. The fourth-order valence-electron chi connectivity index (χ4n) is 11.2. The van der Waals surface area contributed by atoms with Crippen molar-refractivity contribution in [2.45, 2.75) is 119 Å². The molecule has 0 unspecified atom stereocenters. The van der Waals surface area contributed by atoms with E-state index in [4.69, 9.17) is 0 Å². The molecule has 1 N–H and O–H groups in total. The van der Waals surface area contributed by atoms with Crippen LogP contribution in [0.2, 0.25) is 0 Å². The molecule has 4 fully saturated rings. The van der Waals surface area contributed by atoms with Gasteiger partial charge in [-0.25, -0.2) is 0 Å². The molecule has 31 heavy (non-hydrogen) atoms. The van der Waals surface area contributed by atoms with Gasteiger partial charge in [0.25, 0.3) is 0 Å². The van der Waals surface area contributed by atoms with E-state index in [1.54, 1.807) is 0 Å². The first-order valence-electron chi connectivity index (χ1n) is 13.7. The molecule has 0 aliphatic heterocycles. The summed E-state index contributed by atoms with van der Waals surface area (Å²) >= 11 is 0. The fraction of sp³-hybridized carbons (Fsp3) is 0.933. The topological polar surface area (TPSA) is 20.2 Å². The first kappa shape index (κ1) is 22.5. The maximum Gasteiger partial charge on any atom is 0.0594 e. The smallest absolute Gasteiger partial charge is 0.0594 e. The van der Waals surface area contributed by atoms with Gasteiger partial charge in [0, 0.05) is 0 Å². The number of allylic oxidation sites excluding steroid dienone is 2. The zero-order valence-corrected chi connectivity index (χ0v) is 21.9. The second kappa shape index (κ2) is 6.64. The van der Waals surface area contributed by atoms with Crippen LogP contribution in [0.4, 0.5) is 0 Å². The van der Waals surface area contributed by atoms with Gasteiger partial charge in [-0.1, -0.05) is 67.0 Å². The molecule has 0 aromatic heterocycles. The highest BCUT2D eigenvalue weighted by Crippen LogP contribution is 2.76. The van der Waals surface area contributed by atoms with Crippen molar-refractivity contribution in [3.05, 3.63) is 11.6 Å². The number of rotatable bonds is 1. The highest BCUT2D eigenvalue weighted by molar-refractivity contribution is 5.33. The molecule has 0 radical (unpaired) electrons. The summed E-state index contributed by atoms with van der Waals surface area (Å²) in [5, 5.41) is 10.8. The largest absolute Gasteiger partial charge is 0.393 e. The van der Waals surface area contributed by atoms with Gasteiger partial charge in [0.05, 0.1) is 6.10 Å². The minimum absolute atomic E-state index is 0.0432. The molecule has 0 spiro atoms. The maximum atomic E-state index is 10.8. The zero-order valence-electron chi connectivity index (χ0n) is 21.9. The third-order valence-corrected chi connectivity index (χ3v) is 13.2. The van der Waals surface area contributed by atoms with E-state index >= 15 is 0 Å². The van der Waals surface area contributed by atoms with E-state index in [1.165, 1.54) is 51.4 Å². The summed E-state index contributed by atoms with van der Waals surface area (Å²) < 4.78 is 0. The Bertz CT molecular complexity index is 777. The molecule has 0 heterocycles. The van der Waals surface area contributed by atoms with Crippen molar-refractivity contribution in [2.75, 3.05) is 0 Å². The molecule has 1 heteroatoms. The molecule has 0 aromatic carbocycles. The van der Waals surface area contributed by atoms with Gasteiger partial charge in [0.15, 0.2) is 0 Å². The monoisotopic (exact) mass is 426 g/mol. The highest BCUT2D eigenvalue weighted by atomic mass is 16.3. The van der Waals surface area contributed by atoms with E-state index in [-0.39, 0.29) is 11.5 Å². The molecule has 5 rings (SSSR count). The van der Waals surface area contributed by atoms with Gasteiger partial charge < -0.3 is 5.11 Å². The summed E-state index contributed by atoms with van der Waals surface area (Å²) in [4.78, 5) is 0. The average Bonchev–Trinajstić information content (AvgIpc) is 3.05. The van der Waals surface area contributed by atoms with E-state index in [0.29, 0.717) is 27.6 Å². The van der Waals surface area contributed by atoms with Gasteiger partial charge in [0.2, 0.25) is 0 Å². The Balaban J connectivity index is 1.55. The van der Waals surface area contributed by atoms with Crippen LogP contribution in [0.3, 0.4) is 0 Å². The molecule has 5 aliphatic rings. The first-order valence-corrected chi connectivity index (χ1v) is 13.7. The summed E-state index contributed by atoms with van der Waals surface area (Å²) in [5.41, 5.74) is 3.61. The minimum atomic E-state index is -0.131. The lowest BCUT2D eigenvalue weighted by Gasteiger charge is -2.69. The van der Waals surface area contributed by atoms with E-state index in [2.05, 4.69) is 61.5 Å². The van der Waals surface area contributed by atoms with Gasteiger partial charge in [-0.15, -0.1) is 0 Å². The minimum Gasteiger partial charge on any atom is -0.393 e. The number of hydrogen-bond donors (Lipinski definition) is 1. The SMILES string of the molecule is CC(C)[C@H]1CC[C@@H]2[C@]1(C)CC[C@]1(C)[C@H]3CC[C@@H]4C(C)(C)[C@H](O)CC[C@@]4(C)C3=CC[C@@]21C. The Labute approximate surface area is 192 Å². The van der Waals surface area contributed by atoms with Crippen molar-refractivity contribution >= 4 is 0 Å². The van der Waals surface area contributed by atoms with Crippen LogP contribution in [0.1, 0.15) is 113 Å². The van der Waals surface area contributed by atoms with Crippen LogP contribution in [-0.2, 0) is 0 Å². The first-order chi connectivity index (χ1) is 14.3. The van der Waals surface area contributed by atoms with Gasteiger partial charge in [-0.05, 0) is 114 Å². The molecule has 0 bridgehead atoms. The fourth-order valence-corrected chi connectivity index (χ4v) is 11.2. The van der Waals surface area contributed by atoms with Gasteiger partial charge in [-0.3, -0.25) is 0 Å². The molecule has 0 saturated heterocycles. The Kier molecular flexibility index (Phi) is 4.82. The van der Waals surface area contributed by atoms with Crippen molar-refractivity contribution in [3.8, 4) is 0 Å². The average molecular weight is 427 g/mol. The van der Waals surface area contributed by atoms with Crippen LogP contribution in [0.15, 0.2) is 11.6 Å². The number of hydrogen-bond acceptors (Lipinski definition) is 1. The lowest BCUT2D eigenvalue weighted by Crippen LogP contribution is -2.62. The summed E-state index contributed by atoms with van der Waals surface area (Å²) in [5.74, 6) is 4.02. The second-order valence-electron chi connectivity index (χ2n) is 14.7. The summed E-state index contributed by atoms with van der Waals surface area (Å²) in [7, 11) is 0. The Morgan fingerprint density at radius 1 is 0.806 bits per heavy atom. The van der Waals surface area contributed by atoms with Gasteiger partial charge in [-0.2, -0.15) is 0 Å². The molecule has 4 saturated carbocycles. The van der Waals surface area contributed by atoms with Crippen LogP contribution >= 0.6 is 0 Å². The van der Waals surface area contributed by atoms with E-state index in [9.17, 15) is 5.11 Å². The van der Waals surface area contributed by atoms with Crippen molar-refractivity contribution in [3.63, 3.8) is 0 Å². The summed E-state index contributed by atoms with van der Waals surface area (Å²) in [6.45, 7) is 20.4. The predicted molar refractivity (Wildman–Crippen MR) is 131 cm³/mol. The molecule has 0 amide bonds. The van der Waals surface area contributed by atoms with Gasteiger partial charge in [0.1, 0.15) is 0 Å². The maximum absolute atomic E-state index is 10.8. The van der Waals surface area contributed by atoms with E-state index < -0.39 is 0 Å². The number of fused-ring (bicyclic) bond motifs is 7. The molecule has 0 aromatic rings. The van der Waals surface area contributed by atoms with Crippen LogP contribution in [0.5, 0.6) is 0 Å². The van der Waals surface area contributed by atoms with Crippen LogP contribution in [0.25, 0.3) is 0 Å². The summed E-state index contributed by atoms with van der Waals surface area (Å²) in [6.07, 6.45) is 14.6. The molecular formula is C30H50O. The van der Waals surface area contributed by atoms with Gasteiger partial charge >= 0.3 is 0 Å². The normalized spacial score (nSPS) is 55.7. The third-order valence-electron chi connectivity index (χ3n) is 13.2. The van der Waals surface area contributed by atoms with Crippen molar-refractivity contribution in [2.24, 2.45) is 56.7 Å². The predicted octanol–water partition coefficient (Wildman–Crippen LogP) is 8.02. The second-order valence-corrected chi connectivity index (χ2v) is 14.7. The summed E-state index contributed by atoms with van der Waals surface area (Å²) in [6, 6.07) is 0. The van der Waals surface area contributed by atoms with Crippen LogP contribution < -0.4 is 0 Å². The molecule has 176 valence electrons. The lowest BCUT2D eigenvalue weighted by atomic mass is 9.35. The molecule has 1 nitrogen and oxygen atoms in total. The molecular weight excluding hydrogens is 376 g/mol. The standard InChI is InChI=1S/C30H50O/c1-19(2)20-9-12-24-28(20,6)17-18-29(7)22-10-11-23-26(3,4)25(31)14-15-27(23,5)21(22)13-16-30(24,29)8/h13,19-20,22-25,31H,9-12,14-18H2,1-8H3/t20-,22+,23-,24-,25-,27+,28-,29-,30+/m1/s1. The molecule has 9 atom stereocenters. The quantitative estimate of drug-likeness (QED) is 0.421. The van der Waals surface area contributed by atoms with Crippen LogP contribution in [-0.4, -0.2) is 11.2 Å². The van der Waals surface area contributed by atoms with Crippen molar-refractivity contribution in [1.29, 1.82) is 0 Å². The Morgan fingerprint density at radius 2 is 1.48 bits per heavy atom. The van der Waals surface area contributed by atoms with Crippen molar-refractivity contribution < 1.29 is 5.11 Å². The Morgan fingerprint density at radius 3 is 2.16 bits per heavy atom. The van der Waals surface area contributed by atoms with E-state index in [0.717, 1.165) is 30.1 Å². The third kappa shape index (κ3) is 2.60. The number of aliphatic hydroxyl groups is 1.